The third-order valence-corrected chi connectivity index (χ3v) is 4.32. The summed E-state index contributed by atoms with van der Waals surface area (Å²) in [5, 5.41) is 0. The van der Waals surface area contributed by atoms with Gasteiger partial charge in [-0.15, -0.1) is 11.8 Å². The summed E-state index contributed by atoms with van der Waals surface area (Å²) in [5.41, 5.74) is 0.624. The highest BCUT2D eigenvalue weighted by Crippen LogP contribution is 2.22. The number of benzene rings is 1. The van der Waals surface area contributed by atoms with Crippen molar-refractivity contribution in [2.24, 2.45) is 0 Å². The third kappa shape index (κ3) is 3.15. The Morgan fingerprint density at radius 1 is 1.25 bits per heavy atom. The van der Waals surface area contributed by atoms with Gasteiger partial charge in [-0.25, -0.2) is 4.79 Å². The topological polar surface area (TPSA) is 46.6 Å². The predicted molar refractivity (Wildman–Crippen MR) is 78.9 cm³/mol. The molecule has 0 radical (unpaired) electrons. The number of esters is 1. The second kappa shape index (κ2) is 6.79. The summed E-state index contributed by atoms with van der Waals surface area (Å²) in [5.74, 6) is -0.411. The molecule has 0 bridgehead atoms. The van der Waals surface area contributed by atoms with Crippen LogP contribution in [0.5, 0.6) is 0 Å². The molecule has 5 heteroatoms. The number of nitrogens with zero attached hydrogens (tertiary/aromatic N) is 1. The lowest BCUT2D eigenvalue weighted by Gasteiger charge is -2.33. The maximum absolute atomic E-state index is 12.5. The Balaban J connectivity index is 2.18. The standard InChI is InChI=1S/C15H19NO3S/c1-19-15(18)13-5-3-4-10-16(13)14(17)11-6-8-12(20-2)9-7-11/h6-9,13H,3-5,10H2,1-2H3. The number of hydrogen-bond donors (Lipinski definition) is 0. The Hall–Kier alpha value is -1.49. The Morgan fingerprint density at radius 3 is 2.55 bits per heavy atom. The fourth-order valence-corrected chi connectivity index (χ4v) is 2.86. The number of carbonyl (C=O) groups excluding carboxylic acids is 2. The normalized spacial score (nSPS) is 18.7. The minimum absolute atomic E-state index is 0.0900. The average Bonchev–Trinajstić information content (AvgIpc) is 2.53. The van der Waals surface area contributed by atoms with Crippen molar-refractivity contribution in [2.45, 2.75) is 30.2 Å². The maximum atomic E-state index is 12.5. The van der Waals surface area contributed by atoms with Gasteiger partial charge in [-0.2, -0.15) is 0 Å². The number of hydrogen-bond acceptors (Lipinski definition) is 4. The van der Waals surface area contributed by atoms with E-state index in [9.17, 15) is 9.59 Å². The van der Waals surface area contributed by atoms with E-state index in [0.717, 1.165) is 17.7 Å². The van der Waals surface area contributed by atoms with Gasteiger partial charge in [-0.05, 0) is 49.8 Å². The summed E-state index contributed by atoms with van der Waals surface area (Å²) in [4.78, 5) is 27.1. The molecular formula is C15H19NO3S. The first-order valence-corrected chi connectivity index (χ1v) is 7.92. The van der Waals surface area contributed by atoms with Crippen LogP contribution in [0.15, 0.2) is 29.2 Å². The van der Waals surface area contributed by atoms with E-state index < -0.39 is 6.04 Å². The van der Waals surface area contributed by atoms with Crippen molar-refractivity contribution in [3.05, 3.63) is 29.8 Å². The van der Waals surface area contributed by atoms with Gasteiger partial charge < -0.3 is 9.64 Å². The predicted octanol–water partition coefficient (Wildman–Crippen LogP) is 2.58. The van der Waals surface area contributed by atoms with Gasteiger partial charge in [-0.3, -0.25) is 4.79 Å². The highest BCUT2D eigenvalue weighted by atomic mass is 32.2. The average molecular weight is 293 g/mol. The number of thioether (sulfide) groups is 1. The first-order chi connectivity index (χ1) is 9.67. The van der Waals surface area contributed by atoms with Gasteiger partial charge >= 0.3 is 5.97 Å². The largest absolute Gasteiger partial charge is 0.467 e. The molecule has 1 amide bonds. The van der Waals surface area contributed by atoms with Crippen LogP contribution >= 0.6 is 11.8 Å². The molecule has 1 fully saturated rings. The molecule has 0 aliphatic carbocycles. The minimum Gasteiger partial charge on any atom is -0.467 e. The molecule has 0 aromatic heterocycles. The van der Waals surface area contributed by atoms with E-state index in [1.807, 2.05) is 30.5 Å². The molecule has 1 aliphatic heterocycles. The zero-order valence-electron chi connectivity index (χ0n) is 11.8. The molecule has 0 spiro atoms. The highest BCUT2D eigenvalue weighted by molar-refractivity contribution is 7.98. The molecular weight excluding hydrogens is 274 g/mol. The molecule has 0 N–H and O–H groups in total. The summed E-state index contributed by atoms with van der Waals surface area (Å²) in [6.07, 6.45) is 4.56. The fraction of sp³-hybridized carbons (Fsp3) is 0.467. The molecule has 20 heavy (non-hydrogen) atoms. The van der Waals surface area contributed by atoms with Crippen LogP contribution in [0.1, 0.15) is 29.6 Å². The van der Waals surface area contributed by atoms with Crippen LogP contribution < -0.4 is 0 Å². The summed E-state index contributed by atoms with van der Waals surface area (Å²) in [7, 11) is 1.37. The van der Waals surface area contributed by atoms with Crippen LogP contribution in [-0.4, -0.2) is 42.7 Å². The number of ether oxygens (including phenoxy) is 1. The lowest BCUT2D eigenvalue weighted by atomic mass is 10.0. The maximum Gasteiger partial charge on any atom is 0.328 e. The Bertz CT molecular complexity index is 486. The molecule has 0 saturated carbocycles. The second-order valence-electron chi connectivity index (χ2n) is 4.76. The fourth-order valence-electron chi connectivity index (χ4n) is 2.46. The number of rotatable bonds is 3. The van der Waals surface area contributed by atoms with Crippen molar-refractivity contribution in [1.82, 2.24) is 4.90 Å². The number of methoxy groups -OCH3 is 1. The van der Waals surface area contributed by atoms with Crippen LogP contribution in [0, 0.1) is 0 Å². The zero-order valence-corrected chi connectivity index (χ0v) is 12.6. The minimum atomic E-state index is -0.443. The Labute approximate surface area is 123 Å². The molecule has 1 aliphatic rings. The van der Waals surface area contributed by atoms with Crippen LogP contribution in [0.2, 0.25) is 0 Å². The summed E-state index contributed by atoms with van der Waals surface area (Å²) in [6, 6.07) is 7.04. The van der Waals surface area contributed by atoms with Gasteiger partial charge in [0.25, 0.3) is 5.91 Å². The first-order valence-electron chi connectivity index (χ1n) is 6.70. The van der Waals surface area contributed by atoms with Gasteiger partial charge in [0, 0.05) is 17.0 Å². The van der Waals surface area contributed by atoms with Crippen LogP contribution in [-0.2, 0) is 9.53 Å². The molecule has 1 aromatic carbocycles. The molecule has 1 heterocycles. The number of carbonyl (C=O) groups is 2. The van der Waals surface area contributed by atoms with E-state index in [1.165, 1.54) is 7.11 Å². The highest BCUT2D eigenvalue weighted by Gasteiger charge is 2.33. The Morgan fingerprint density at radius 2 is 1.95 bits per heavy atom. The molecule has 1 atom stereocenters. The van der Waals surface area contributed by atoms with Gasteiger partial charge in [0.1, 0.15) is 6.04 Å². The SMILES string of the molecule is COC(=O)C1CCCCN1C(=O)c1ccc(SC)cc1. The Kier molecular flexibility index (Phi) is 5.06. The lowest BCUT2D eigenvalue weighted by molar-refractivity contribution is -0.147. The number of likely N-dealkylation sites (tertiary alicyclic amines) is 1. The van der Waals surface area contributed by atoms with Crippen molar-refractivity contribution in [2.75, 3.05) is 19.9 Å². The van der Waals surface area contributed by atoms with E-state index in [0.29, 0.717) is 18.5 Å². The third-order valence-electron chi connectivity index (χ3n) is 3.57. The molecule has 1 aromatic rings. The van der Waals surface area contributed by atoms with Gasteiger partial charge in [0.15, 0.2) is 0 Å². The van der Waals surface area contributed by atoms with Gasteiger partial charge in [0.2, 0.25) is 0 Å². The van der Waals surface area contributed by atoms with Crippen molar-refractivity contribution >= 4 is 23.6 Å². The zero-order chi connectivity index (χ0) is 14.5. The van der Waals surface area contributed by atoms with Crippen LogP contribution in [0.3, 0.4) is 0 Å². The van der Waals surface area contributed by atoms with Crippen LogP contribution in [0.25, 0.3) is 0 Å². The summed E-state index contributed by atoms with van der Waals surface area (Å²) >= 11 is 1.63. The lowest BCUT2D eigenvalue weighted by Crippen LogP contribution is -2.48. The quantitative estimate of drug-likeness (QED) is 0.635. The summed E-state index contributed by atoms with van der Waals surface area (Å²) in [6.45, 7) is 0.614. The molecule has 1 unspecified atom stereocenters. The summed E-state index contributed by atoms with van der Waals surface area (Å²) < 4.78 is 4.81. The first kappa shape index (κ1) is 14.9. The van der Waals surface area contributed by atoms with Gasteiger partial charge in [0.05, 0.1) is 7.11 Å². The van der Waals surface area contributed by atoms with Crippen LogP contribution in [0.4, 0.5) is 0 Å². The number of piperidine rings is 1. The van der Waals surface area contributed by atoms with Crippen molar-refractivity contribution in [3.63, 3.8) is 0 Å². The number of amides is 1. The van der Waals surface area contributed by atoms with Gasteiger partial charge in [-0.1, -0.05) is 0 Å². The van der Waals surface area contributed by atoms with E-state index in [1.54, 1.807) is 16.7 Å². The van der Waals surface area contributed by atoms with Crippen molar-refractivity contribution in [3.8, 4) is 0 Å². The smallest absolute Gasteiger partial charge is 0.328 e. The molecule has 108 valence electrons. The van der Waals surface area contributed by atoms with Crippen molar-refractivity contribution < 1.29 is 14.3 Å². The van der Waals surface area contributed by atoms with Crippen molar-refractivity contribution in [1.29, 1.82) is 0 Å². The van der Waals surface area contributed by atoms with E-state index >= 15 is 0 Å². The second-order valence-corrected chi connectivity index (χ2v) is 5.64. The van der Waals surface area contributed by atoms with E-state index in [4.69, 9.17) is 4.74 Å². The molecule has 2 rings (SSSR count). The van der Waals surface area contributed by atoms with E-state index in [-0.39, 0.29) is 11.9 Å². The monoisotopic (exact) mass is 293 g/mol. The molecule has 1 saturated heterocycles. The molecule has 4 nitrogen and oxygen atoms in total. The van der Waals surface area contributed by atoms with E-state index in [2.05, 4.69) is 0 Å².